The van der Waals surface area contributed by atoms with Gasteiger partial charge in [-0.15, -0.1) is 0 Å². The fourth-order valence-corrected chi connectivity index (χ4v) is 3.93. The van der Waals surface area contributed by atoms with Gasteiger partial charge >= 0.3 is 17.7 Å². The van der Waals surface area contributed by atoms with E-state index in [0.717, 1.165) is 6.07 Å². The Kier molecular flexibility index (Phi) is 4.83. The summed E-state index contributed by atoms with van der Waals surface area (Å²) in [7, 11) is 1.42. The third kappa shape index (κ3) is 3.21. The number of urea groups is 1. The number of carbonyl (C=O) groups is 2. The van der Waals surface area contributed by atoms with Gasteiger partial charge in [0.25, 0.3) is 5.91 Å². The highest BCUT2D eigenvalue weighted by Gasteiger charge is 2.56. The van der Waals surface area contributed by atoms with Gasteiger partial charge in [0, 0.05) is 19.8 Å². The lowest BCUT2D eigenvalue weighted by atomic mass is 9.87. The zero-order valence-electron chi connectivity index (χ0n) is 15.6. The maximum Gasteiger partial charge on any atom is 0.336 e. The Labute approximate surface area is 165 Å². The number of likely N-dealkylation sites (N-methyl/N-ethyl adjacent to an activating group) is 1. The molecule has 0 saturated carbocycles. The second-order valence-electron chi connectivity index (χ2n) is 7.24. The van der Waals surface area contributed by atoms with Crippen LogP contribution in [0.5, 0.6) is 0 Å². The Balaban J connectivity index is 2.01. The summed E-state index contributed by atoms with van der Waals surface area (Å²) in [5.41, 5.74) is 0.245. The number of amides is 3. The first-order chi connectivity index (χ1) is 13.4. The zero-order chi connectivity index (χ0) is 21.7. The first-order valence-electron chi connectivity index (χ1n) is 8.74. The molecule has 0 aromatic heterocycles. The Morgan fingerprint density at radius 1 is 1.45 bits per heavy atom. The van der Waals surface area contributed by atoms with Crippen LogP contribution in [-0.2, 0) is 4.79 Å². The maximum atomic E-state index is 12.3. The molecular weight excluding hydrogens is 388 g/mol. The minimum atomic E-state index is -3.44. The monoisotopic (exact) mass is 410 g/mol. The summed E-state index contributed by atoms with van der Waals surface area (Å²) in [6, 6.07) is -0.870. The predicted molar refractivity (Wildman–Crippen MR) is 93.3 cm³/mol. The van der Waals surface area contributed by atoms with Crippen molar-refractivity contribution in [2.24, 2.45) is 5.92 Å². The van der Waals surface area contributed by atoms with E-state index in [1.54, 1.807) is 6.92 Å². The van der Waals surface area contributed by atoms with Gasteiger partial charge in [-0.05, 0) is 12.3 Å². The average Bonchev–Trinajstić information content (AvgIpc) is 3.00. The summed E-state index contributed by atoms with van der Waals surface area (Å²) in [4.78, 5) is 26.0. The number of piperidine rings is 1. The van der Waals surface area contributed by atoms with Gasteiger partial charge in [0.1, 0.15) is 29.9 Å². The van der Waals surface area contributed by atoms with E-state index in [1.807, 2.05) is 0 Å². The number of nitrogens with one attached hydrogen (secondary N) is 3. The van der Waals surface area contributed by atoms with E-state index in [9.17, 15) is 35.1 Å². The van der Waals surface area contributed by atoms with Crippen molar-refractivity contribution in [2.75, 3.05) is 13.6 Å². The van der Waals surface area contributed by atoms with Crippen molar-refractivity contribution in [2.45, 2.75) is 37.3 Å². The quantitative estimate of drug-likeness (QED) is 0.173. The van der Waals surface area contributed by atoms with Crippen LogP contribution in [0.1, 0.15) is 13.3 Å². The van der Waals surface area contributed by atoms with Crippen molar-refractivity contribution < 1.29 is 35.1 Å². The van der Waals surface area contributed by atoms with E-state index >= 15 is 0 Å². The molecule has 0 aromatic rings. The molecule has 13 heteroatoms. The Hall–Kier alpha value is -3.05. The van der Waals surface area contributed by atoms with Crippen LogP contribution in [0.4, 0.5) is 4.79 Å². The second-order valence-corrected chi connectivity index (χ2v) is 7.24. The standard InChI is InChI=1S/C16H22N6O7/c1-7-3-4-22(13(24)15(26,27)6-17)16(28,29)10(7)21(2)12-9-8(23)5-18-11(9)19-14(25)20-12/h5,7,10-11,18,23,26-29H,3-4H2,1-2H3,(H2,19,20,25). The predicted octanol–water partition coefficient (Wildman–Crippen LogP) is -3.15. The van der Waals surface area contributed by atoms with Gasteiger partial charge in [-0.1, -0.05) is 6.92 Å². The number of aliphatic hydroxyl groups is 5. The number of fused-ring (bicyclic) bond motifs is 1. The summed E-state index contributed by atoms with van der Waals surface area (Å²) in [5.74, 6) is -8.53. The molecule has 3 unspecified atom stereocenters. The first kappa shape index (κ1) is 20.7. The molecule has 3 aliphatic rings. The molecule has 8 N–H and O–H groups in total. The number of rotatable bonds is 3. The van der Waals surface area contributed by atoms with Gasteiger partial charge in [-0.25, -0.2) is 4.79 Å². The van der Waals surface area contributed by atoms with E-state index in [2.05, 4.69) is 16.0 Å². The third-order valence-electron chi connectivity index (χ3n) is 5.32. The van der Waals surface area contributed by atoms with Gasteiger partial charge < -0.3 is 41.1 Å². The molecule has 3 heterocycles. The molecule has 158 valence electrons. The smallest absolute Gasteiger partial charge is 0.336 e. The van der Waals surface area contributed by atoms with Crippen LogP contribution in [0.3, 0.4) is 0 Å². The topological polar surface area (TPSA) is 202 Å². The molecule has 0 spiro atoms. The number of hydrogen-bond donors (Lipinski definition) is 8. The van der Waals surface area contributed by atoms with Gasteiger partial charge in [0.05, 0.1) is 5.57 Å². The van der Waals surface area contributed by atoms with Crippen molar-refractivity contribution in [3.05, 3.63) is 23.4 Å². The molecular formula is C16H22N6O7. The Bertz CT molecular complexity index is 845. The molecule has 1 saturated heterocycles. The molecule has 0 aliphatic carbocycles. The Morgan fingerprint density at radius 2 is 2.10 bits per heavy atom. The van der Waals surface area contributed by atoms with Gasteiger partial charge in [-0.2, -0.15) is 5.26 Å². The lowest BCUT2D eigenvalue weighted by molar-refractivity contribution is -0.313. The van der Waals surface area contributed by atoms with Crippen LogP contribution in [-0.4, -0.2) is 84.8 Å². The van der Waals surface area contributed by atoms with Crippen molar-refractivity contribution >= 4 is 11.9 Å². The molecule has 3 aliphatic heterocycles. The SMILES string of the molecule is CC1CCN(C(=O)C(O)(O)C#N)C(O)(O)C1N(C)C1=C2C(O)=CNC2NC(=O)N1. The van der Waals surface area contributed by atoms with Gasteiger partial charge in [0.2, 0.25) is 0 Å². The second kappa shape index (κ2) is 6.78. The van der Waals surface area contributed by atoms with E-state index in [-0.39, 0.29) is 30.1 Å². The van der Waals surface area contributed by atoms with Crippen molar-refractivity contribution in [1.29, 1.82) is 5.26 Å². The minimum Gasteiger partial charge on any atom is -0.506 e. The number of carbonyl (C=O) groups excluding carboxylic acids is 2. The van der Waals surface area contributed by atoms with Crippen LogP contribution in [0.25, 0.3) is 0 Å². The molecule has 0 radical (unpaired) electrons. The molecule has 13 nitrogen and oxygen atoms in total. The summed E-state index contributed by atoms with van der Waals surface area (Å²) in [6.45, 7) is 1.42. The summed E-state index contributed by atoms with van der Waals surface area (Å²) in [5, 5.41) is 67.4. The lowest BCUT2D eigenvalue weighted by Gasteiger charge is -2.52. The fourth-order valence-electron chi connectivity index (χ4n) is 3.93. The molecule has 3 atom stereocenters. The summed E-state index contributed by atoms with van der Waals surface area (Å²) >= 11 is 0. The van der Waals surface area contributed by atoms with Gasteiger partial charge in [-0.3, -0.25) is 15.0 Å². The highest BCUT2D eigenvalue weighted by atomic mass is 16.5. The highest BCUT2D eigenvalue weighted by Crippen LogP contribution is 2.36. The van der Waals surface area contributed by atoms with Crippen LogP contribution in [0.15, 0.2) is 23.4 Å². The first-order valence-corrected chi connectivity index (χ1v) is 8.74. The van der Waals surface area contributed by atoms with Crippen molar-refractivity contribution in [3.8, 4) is 6.07 Å². The average molecular weight is 410 g/mol. The summed E-state index contributed by atoms with van der Waals surface area (Å²) < 4.78 is 0. The van der Waals surface area contributed by atoms with Crippen LogP contribution in [0, 0.1) is 17.2 Å². The van der Waals surface area contributed by atoms with E-state index in [1.165, 1.54) is 18.1 Å². The van der Waals surface area contributed by atoms with E-state index in [4.69, 9.17) is 5.26 Å². The molecule has 0 aromatic carbocycles. The number of nitriles is 1. The fraction of sp³-hybridized carbons (Fsp3) is 0.562. The minimum absolute atomic E-state index is 0.0654. The number of aliphatic hydroxyl groups excluding tert-OH is 1. The summed E-state index contributed by atoms with van der Waals surface area (Å²) in [6.07, 6.45) is 0.750. The number of hydrogen-bond acceptors (Lipinski definition) is 10. The molecule has 1 fully saturated rings. The number of nitrogens with zero attached hydrogens (tertiary/aromatic N) is 3. The molecule has 0 bridgehead atoms. The van der Waals surface area contributed by atoms with Crippen molar-refractivity contribution in [3.63, 3.8) is 0 Å². The van der Waals surface area contributed by atoms with E-state index < -0.39 is 41.8 Å². The van der Waals surface area contributed by atoms with Crippen LogP contribution in [0.2, 0.25) is 0 Å². The third-order valence-corrected chi connectivity index (χ3v) is 5.32. The van der Waals surface area contributed by atoms with E-state index in [0.29, 0.717) is 4.90 Å². The largest absolute Gasteiger partial charge is 0.506 e. The van der Waals surface area contributed by atoms with Gasteiger partial charge in [0.15, 0.2) is 0 Å². The zero-order valence-corrected chi connectivity index (χ0v) is 15.6. The molecule has 3 amide bonds. The van der Waals surface area contributed by atoms with Crippen molar-refractivity contribution in [1.82, 2.24) is 25.8 Å². The normalized spacial score (nSPS) is 28.4. The van der Waals surface area contributed by atoms with Crippen LogP contribution >= 0.6 is 0 Å². The Morgan fingerprint density at radius 3 is 2.72 bits per heavy atom. The molecule has 29 heavy (non-hydrogen) atoms. The lowest BCUT2D eigenvalue weighted by Crippen LogP contribution is -2.71. The highest BCUT2D eigenvalue weighted by molar-refractivity contribution is 5.86. The van der Waals surface area contributed by atoms with Crippen LogP contribution < -0.4 is 16.0 Å². The molecule has 3 rings (SSSR count). The number of likely N-dealkylation sites (tertiary alicyclic amines) is 1. The maximum absolute atomic E-state index is 12.3.